The molecule has 172 valence electrons. The summed E-state index contributed by atoms with van der Waals surface area (Å²) in [6.45, 7) is 8.43. The van der Waals surface area contributed by atoms with Crippen molar-refractivity contribution in [3.8, 4) is 0 Å². The van der Waals surface area contributed by atoms with Crippen molar-refractivity contribution in [2.45, 2.75) is 33.4 Å². The highest BCUT2D eigenvalue weighted by molar-refractivity contribution is 6.02. The van der Waals surface area contributed by atoms with E-state index in [-0.39, 0.29) is 17.6 Å². The lowest BCUT2D eigenvalue weighted by Gasteiger charge is -2.35. The van der Waals surface area contributed by atoms with Gasteiger partial charge in [-0.3, -0.25) is 14.5 Å². The lowest BCUT2D eigenvalue weighted by atomic mass is 9.91. The highest BCUT2D eigenvalue weighted by Gasteiger charge is 2.21. The Hall–Kier alpha value is -3.38. The number of piperidine rings is 1. The van der Waals surface area contributed by atoms with Crippen LogP contribution in [0.4, 0.5) is 5.69 Å². The number of carbonyl (C=O) groups is 2. The summed E-state index contributed by atoms with van der Waals surface area (Å²) in [6.07, 6.45) is 2.77. The lowest BCUT2D eigenvalue weighted by molar-refractivity contribution is 0.0950. The van der Waals surface area contributed by atoms with Gasteiger partial charge >= 0.3 is 0 Å². The molecule has 2 aromatic carbocycles. The standard InChI is InChI=1S/C27H31N3O3/c1-19-14-20(2)17-30(16-19)18-22-7-5-21(6-8-22)15-28-26(31)23-9-11-24(12-10-23)29-27(32)25-4-3-13-33-25/h3-13,19-20H,14-18H2,1-2H3,(H,28,31)(H,29,32). The Morgan fingerprint density at radius 3 is 2.21 bits per heavy atom. The molecule has 1 aliphatic rings. The van der Waals surface area contributed by atoms with E-state index in [2.05, 4.69) is 53.6 Å². The van der Waals surface area contributed by atoms with Crippen molar-refractivity contribution < 1.29 is 14.0 Å². The first-order valence-electron chi connectivity index (χ1n) is 11.5. The molecule has 1 aliphatic heterocycles. The summed E-state index contributed by atoms with van der Waals surface area (Å²) in [6, 6.07) is 18.5. The van der Waals surface area contributed by atoms with Gasteiger partial charge in [0.1, 0.15) is 0 Å². The normalized spacial score (nSPS) is 18.6. The van der Waals surface area contributed by atoms with Crippen LogP contribution < -0.4 is 10.6 Å². The molecule has 0 saturated carbocycles. The van der Waals surface area contributed by atoms with Crippen LogP contribution in [0.1, 0.15) is 52.3 Å². The number of furan rings is 1. The second-order valence-electron chi connectivity index (χ2n) is 9.15. The van der Waals surface area contributed by atoms with Gasteiger partial charge < -0.3 is 15.1 Å². The van der Waals surface area contributed by atoms with Gasteiger partial charge in [0, 0.05) is 37.4 Å². The quantitative estimate of drug-likeness (QED) is 0.540. The van der Waals surface area contributed by atoms with E-state index in [1.165, 1.54) is 18.2 Å². The number of rotatable bonds is 7. The Kier molecular flexibility index (Phi) is 7.25. The van der Waals surface area contributed by atoms with E-state index < -0.39 is 0 Å². The fourth-order valence-electron chi connectivity index (χ4n) is 4.53. The minimum Gasteiger partial charge on any atom is -0.459 e. The minimum absolute atomic E-state index is 0.153. The third kappa shape index (κ3) is 6.33. The number of benzene rings is 2. The molecule has 0 aliphatic carbocycles. The van der Waals surface area contributed by atoms with E-state index in [0.717, 1.165) is 37.0 Å². The van der Waals surface area contributed by atoms with Crippen LogP contribution >= 0.6 is 0 Å². The predicted octanol–water partition coefficient (Wildman–Crippen LogP) is 4.94. The number of carbonyl (C=O) groups excluding carboxylic acids is 2. The second kappa shape index (κ2) is 10.5. The van der Waals surface area contributed by atoms with E-state index in [1.54, 1.807) is 36.4 Å². The zero-order valence-corrected chi connectivity index (χ0v) is 19.2. The second-order valence-corrected chi connectivity index (χ2v) is 9.15. The molecule has 2 N–H and O–H groups in total. The molecule has 6 nitrogen and oxygen atoms in total. The highest BCUT2D eigenvalue weighted by atomic mass is 16.3. The third-order valence-electron chi connectivity index (χ3n) is 5.98. The van der Waals surface area contributed by atoms with Crippen molar-refractivity contribution in [3.05, 3.63) is 89.4 Å². The van der Waals surface area contributed by atoms with E-state index in [1.807, 2.05) is 0 Å². The van der Waals surface area contributed by atoms with Crippen LogP contribution in [0, 0.1) is 11.8 Å². The monoisotopic (exact) mass is 445 g/mol. The summed E-state index contributed by atoms with van der Waals surface area (Å²) in [5.74, 6) is 1.27. The molecule has 33 heavy (non-hydrogen) atoms. The smallest absolute Gasteiger partial charge is 0.291 e. The molecule has 3 aromatic rings. The molecule has 0 spiro atoms. The number of hydrogen-bond acceptors (Lipinski definition) is 4. The first-order valence-corrected chi connectivity index (χ1v) is 11.5. The molecule has 6 heteroatoms. The molecule has 0 bridgehead atoms. The van der Waals surface area contributed by atoms with Crippen molar-refractivity contribution >= 4 is 17.5 Å². The average molecular weight is 446 g/mol. The van der Waals surface area contributed by atoms with Gasteiger partial charge in [-0.2, -0.15) is 0 Å². The van der Waals surface area contributed by atoms with Gasteiger partial charge in [-0.25, -0.2) is 0 Å². The summed E-state index contributed by atoms with van der Waals surface area (Å²) in [7, 11) is 0. The van der Waals surface area contributed by atoms with Crippen LogP contribution in [0.15, 0.2) is 71.3 Å². The van der Waals surface area contributed by atoms with Gasteiger partial charge in [0.2, 0.25) is 0 Å². The summed E-state index contributed by atoms with van der Waals surface area (Å²) in [5.41, 5.74) is 3.50. The summed E-state index contributed by atoms with van der Waals surface area (Å²) in [4.78, 5) is 27.1. The Labute approximate surface area is 195 Å². The van der Waals surface area contributed by atoms with Crippen molar-refractivity contribution in [2.24, 2.45) is 11.8 Å². The molecule has 2 heterocycles. The molecule has 1 fully saturated rings. The number of amides is 2. The van der Waals surface area contributed by atoms with Crippen molar-refractivity contribution in [1.82, 2.24) is 10.2 Å². The van der Waals surface area contributed by atoms with Gasteiger partial charge in [0.05, 0.1) is 6.26 Å². The SMILES string of the molecule is CC1CC(C)CN(Cc2ccc(CNC(=O)c3ccc(NC(=O)c4ccco4)cc3)cc2)C1. The molecule has 2 unspecified atom stereocenters. The fourth-order valence-corrected chi connectivity index (χ4v) is 4.53. The molecule has 0 radical (unpaired) electrons. The third-order valence-corrected chi connectivity index (χ3v) is 5.98. The number of likely N-dealkylation sites (tertiary alicyclic amines) is 1. The fraction of sp³-hybridized carbons (Fsp3) is 0.333. The van der Waals surface area contributed by atoms with Crippen LogP contribution in [0.25, 0.3) is 0 Å². The summed E-state index contributed by atoms with van der Waals surface area (Å²) in [5, 5.41) is 5.70. The lowest BCUT2D eigenvalue weighted by Crippen LogP contribution is -2.38. The summed E-state index contributed by atoms with van der Waals surface area (Å²) >= 11 is 0. The Morgan fingerprint density at radius 2 is 1.58 bits per heavy atom. The van der Waals surface area contributed by atoms with Gasteiger partial charge in [-0.1, -0.05) is 38.1 Å². The molecule has 2 atom stereocenters. The largest absolute Gasteiger partial charge is 0.459 e. The van der Waals surface area contributed by atoms with Gasteiger partial charge in [0.15, 0.2) is 5.76 Å². The highest BCUT2D eigenvalue weighted by Crippen LogP contribution is 2.22. The molecule has 2 amide bonds. The molecule has 1 saturated heterocycles. The van der Waals surface area contributed by atoms with Crippen LogP contribution in [-0.2, 0) is 13.1 Å². The Balaban J connectivity index is 1.25. The average Bonchev–Trinajstić information content (AvgIpc) is 3.33. The molecule has 4 rings (SSSR count). The maximum absolute atomic E-state index is 12.5. The molecule has 1 aromatic heterocycles. The number of anilines is 1. The first kappa shape index (κ1) is 22.8. The van der Waals surface area contributed by atoms with E-state index in [9.17, 15) is 9.59 Å². The van der Waals surface area contributed by atoms with Crippen LogP contribution in [0.3, 0.4) is 0 Å². The predicted molar refractivity (Wildman–Crippen MR) is 129 cm³/mol. The zero-order chi connectivity index (χ0) is 23.2. The van der Waals surface area contributed by atoms with Crippen molar-refractivity contribution in [3.63, 3.8) is 0 Å². The van der Waals surface area contributed by atoms with Gasteiger partial charge in [0.25, 0.3) is 11.8 Å². The Morgan fingerprint density at radius 1 is 0.909 bits per heavy atom. The van der Waals surface area contributed by atoms with Crippen LogP contribution in [-0.4, -0.2) is 29.8 Å². The van der Waals surface area contributed by atoms with Crippen molar-refractivity contribution in [2.75, 3.05) is 18.4 Å². The molecular weight excluding hydrogens is 414 g/mol. The van der Waals surface area contributed by atoms with E-state index >= 15 is 0 Å². The number of nitrogens with one attached hydrogen (secondary N) is 2. The minimum atomic E-state index is -0.329. The molecular formula is C27H31N3O3. The van der Waals surface area contributed by atoms with Gasteiger partial charge in [-0.15, -0.1) is 0 Å². The zero-order valence-electron chi connectivity index (χ0n) is 19.2. The first-order chi connectivity index (χ1) is 16.0. The van der Waals surface area contributed by atoms with Gasteiger partial charge in [-0.05, 0) is 65.8 Å². The maximum Gasteiger partial charge on any atom is 0.291 e. The topological polar surface area (TPSA) is 74.6 Å². The van der Waals surface area contributed by atoms with Crippen molar-refractivity contribution in [1.29, 1.82) is 0 Å². The van der Waals surface area contributed by atoms with Crippen LogP contribution in [0.2, 0.25) is 0 Å². The maximum atomic E-state index is 12.5. The van der Waals surface area contributed by atoms with Crippen LogP contribution in [0.5, 0.6) is 0 Å². The van der Waals surface area contributed by atoms with E-state index in [0.29, 0.717) is 17.8 Å². The Bertz CT molecular complexity index is 1050. The number of hydrogen-bond donors (Lipinski definition) is 2. The number of nitrogens with zero attached hydrogens (tertiary/aromatic N) is 1. The summed E-state index contributed by atoms with van der Waals surface area (Å²) < 4.78 is 5.08. The van der Waals surface area contributed by atoms with E-state index in [4.69, 9.17) is 4.42 Å².